The Balaban J connectivity index is 2.13. The first-order chi connectivity index (χ1) is 5.74. The van der Waals surface area contributed by atoms with Crippen LogP contribution in [-0.2, 0) is 0 Å². The van der Waals surface area contributed by atoms with Gasteiger partial charge < -0.3 is 5.32 Å². The third-order valence-electron chi connectivity index (χ3n) is 4.30. The molecule has 2 aliphatic carbocycles. The van der Waals surface area contributed by atoms with Crippen LogP contribution >= 0.6 is 0 Å². The highest BCUT2D eigenvalue weighted by atomic mass is 14.9. The van der Waals surface area contributed by atoms with Crippen LogP contribution in [0, 0.1) is 23.7 Å². The molecule has 0 saturated heterocycles. The zero-order valence-corrected chi connectivity index (χ0v) is 8.51. The smallest absolute Gasteiger partial charge is 0.0100 e. The molecule has 0 aromatic heterocycles. The summed E-state index contributed by atoms with van der Waals surface area (Å²) in [5.41, 5.74) is 0. The van der Waals surface area contributed by atoms with Gasteiger partial charge in [-0.1, -0.05) is 20.3 Å². The zero-order chi connectivity index (χ0) is 8.72. The molecule has 2 aliphatic rings. The van der Waals surface area contributed by atoms with Gasteiger partial charge in [0.15, 0.2) is 0 Å². The lowest BCUT2D eigenvalue weighted by Crippen LogP contribution is -2.32. The van der Waals surface area contributed by atoms with Crippen LogP contribution in [0.15, 0.2) is 0 Å². The van der Waals surface area contributed by atoms with Crippen LogP contribution in [0.5, 0.6) is 0 Å². The van der Waals surface area contributed by atoms with Crippen LogP contribution in [0.3, 0.4) is 0 Å². The fourth-order valence-corrected chi connectivity index (χ4v) is 3.66. The van der Waals surface area contributed by atoms with E-state index < -0.39 is 0 Å². The summed E-state index contributed by atoms with van der Waals surface area (Å²) in [7, 11) is 2.13. The molecule has 0 amide bonds. The minimum absolute atomic E-state index is 0.822. The lowest BCUT2D eigenvalue weighted by atomic mass is 9.89. The van der Waals surface area contributed by atoms with Crippen LogP contribution in [0.25, 0.3) is 0 Å². The Bertz CT molecular complexity index is 166. The summed E-state index contributed by atoms with van der Waals surface area (Å²) in [4.78, 5) is 0. The molecule has 0 radical (unpaired) electrons. The third-order valence-corrected chi connectivity index (χ3v) is 4.30. The average molecular weight is 167 g/mol. The summed E-state index contributed by atoms with van der Waals surface area (Å²) < 4.78 is 0. The minimum Gasteiger partial charge on any atom is -0.317 e. The Kier molecular flexibility index (Phi) is 2.16. The van der Waals surface area contributed by atoms with Crippen molar-refractivity contribution in [1.29, 1.82) is 0 Å². The molecule has 1 heteroatoms. The van der Waals surface area contributed by atoms with Gasteiger partial charge >= 0.3 is 0 Å². The average Bonchev–Trinajstić information content (AvgIpc) is 2.56. The van der Waals surface area contributed by atoms with Crippen LogP contribution < -0.4 is 5.32 Å². The van der Waals surface area contributed by atoms with Crippen LogP contribution in [0.2, 0.25) is 0 Å². The topological polar surface area (TPSA) is 12.0 Å². The van der Waals surface area contributed by atoms with Crippen molar-refractivity contribution in [2.24, 2.45) is 23.7 Å². The zero-order valence-electron chi connectivity index (χ0n) is 8.51. The standard InChI is InChI=1S/C11H21N/c1-7-4-5-9-8(2)6-10(12-3)11(7)9/h7-12H,4-6H2,1-3H3. The van der Waals surface area contributed by atoms with Gasteiger partial charge in [-0.25, -0.2) is 0 Å². The summed E-state index contributed by atoms with van der Waals surface area (Å²) in [6.07, 6.45) is 4.37. The first-order valence-electron chi connectivity index (χ1n) is 5.41. The maximum Gasteiger partial charge on any atom is 0.0100 e. The van der Waals surface area contributed by atoms with E-state index in [1.807, 2.05) is 0 Å². The molecule has 5 unspecified atom stereocenters. The van der Waals surface area contributed by atoms with Crippen LogP contribution in [0.1, 0.15) is 33.1 Å². The van der Waals surface area contributed by atoms with E-state index in [1.165, 1.54) is 19.3 Å². The SMILES string of the molecule is CNC1CC(C)C2CCC(C)C12. The van der Waals surface area contributed by atoms with Crippen molar-refractivity contribution in [3.8, 4) is 0 Å². The van der Waals surface area contributed by atoms with Gasteiger partial charge in [-0.15, -0.1) is 0 Å². The molecule has 2 rings (SSSR count). The molecule has 0 aromatic rings. The number of rotatable bonds is 1. The first-order valence-corrected chi connectivity index (χ1v) is 5.41. The number of nitrogens with one attached hydrogen (secondary N) is 1. The van der Waals surface area contributed by atoms with Gasteiger partial charge in [0.2, 0.25) is 0 Å². The van der Waals surface area contributed by atoms with E-state index >= 15 is 0 Å². The number of hydrogen-bond donors (Lipinski definition) is 1. The third kappa shape index (κ3) is 1.10. The summed E-state index contributed by atoms with van der Waals surface area (Å²) >= 11 is 0. The molecular formula is C11H21N. The summed E-state index contributed by atoms with van der Waals surface area (Å²) in [6.45, 7) is 4.88. The quantitative estimate of drug-likeness (QED) is 0.632. The van der Waals surface area contributed by atoms with Gasteiger partial charge in [0.25, 0.3) is 0 Å². The molecule has 5 atom stereocenters. The second kappa shape index (κ2) is 3.02. The van der Waals surface area contributed by atoms with E-state index in [2.05, 4.69) is 26.2 Å². The van der Waals surface area contributed by atoms with E-state index in [9.17, 15) is 0 Å². The van der Waals surface area contributed by atoms with E-state index in [-0.39, 0.29) is 0 Å². The molecule has 1 N–H and O–H groups in total. The molecule has 0 aliphatic heterocycles. The predicted molar refractivity (Wildman–Crippen MR) is 52.0 cm³/mol. The predicted octanol–water partition coefficient (Wildman–Crippen LogP) is 2.28. The Morgan fingerprint density at radius 3 is 2.50 bits per heavy atom. The first kappa shape index (κ1) is 8.55. The normalized spacial score (nSPS) is 52.8. The monoisotopic (exact) mass is 167 g/mol. The van der Waals surface area contributed by atoms with E-state index in [0.717, 1.165) is 29.7 Å². The molecule has 2 saturated carbocycles. The molecule has 0 aromatic carbocycles. The Labute approximate surface area is 75.9 Å². The largest absolute Gasteiger partial charge is 0.317 e. The van der Waals surface area contributed by atoms with Crippen molar-refractivity contribution < 1.29 is 0 Å². The molecule has 12 heavy (non-hydrogen) atoms. The molecule has 0 heterocycles. The lowest BCUT2D eigenvalue weighted by Gasteiger charge is -2.22. The minimum atomic E-state index is 0.822. The van der Waals surface area contributed by atoms with Crippen molar-refractivity contribution >= 4 is 0 Å². The van der Waals surface area contributed by atoms with E-state index in [4.69, 9.17) is 0 Å². The fraction of sp³-hybridized carbons (Fsp3) is 1.00. The van der Waals surface area contributed by atoms with Gasteiger partial charge in [0.05, 0.1) is 0 Å². The van der Waals surface area contributed by atoms with Crippen molar-refractivity contribution in [3.05, 3.63) is 0 Å². The molecule has 0 bridgehead atoms. The molecule has 1 nitrogen and oxygen atoms in total. The van der Waals surface area contributed by atoms with Crippen molar-refractivity contribution in [2.45, 2.75) is 39.2 Å². The number of fused-ring (bicyclic) bond motifs is 1. The Morgan fingerprint density at radius 2 is 1.83 bits per heavy atom. The highest BCUT2D eigenvalue weighted by Crippen LogP contribution is 2.50. The number of hydrogen-bond acceptors (Lipinski definition) is 1. The maximum atomic E-state index is 3.50. The molecular weight excluding hydrogens is 146 g/mol. The fourth-order valence-electron chi connectivity index (χ4n) is 3.66. The van der Waals surface area contributed by atoms with Gasteiger partial charge in [0.1, 0.15) is 0 Å². The maximum absolute atomic E-state index is 3.50. The van der Waals surface area contributed by atoms with E-state index in [0.29, 0.717) is 0 Å². The summed E-state index contributed by atoms with van der Waals surface area (Å²) in [5, 5.41) is 3.50. The van der Waals surface area contributed by atoms with Crippen LogP contribution in [-0.4, -0.2) is 13.1 Å². The van der Waals surface area contributed by atoms with Crippen molar-refractivity contribution in [2.75, 3.05) is 7.05 Å². The van der Waals surface area contributed by atoms with Crippen LogP contribution in [0.4, 0.5) is 0 Å². The Hall–Kier alpha value is -0.0400. The van der Waals surface area contributed by atoms with Gasteiger partial charge in [-0.3, -0.25) is 0 Å². The van der Waals surface area contributed by atoms with E-state index in [1.54, 1.807) is 0 Å². The lowest BCUT2D eigenvalue weighted by molar-refractivity contribution is 0.302. The summed E-state index contributed by atoms with van der Waals surface area (Å²) in [6, 6.07) is 0.822. The molecule has 2 fully saturated rings. The second-order valence-corrected chi connectivity index (χ2v) is 4.90. The second-order valence-electron chi connectivity index (χ2n) is 4.90. The van der Waals surface area contributed by atoms with Gasteiger partial charge in [-0.05, 0) is 43.6 Å². The highest BCUT2D eigenvalue weighted by molar-refractivity contribution is 4.98. The van der Waals surface area contributed by atoms with Gasteiger partial charge in [0, 0.05) is 6.04 Å². The van der Waals surface area contributed by atoms with Crippen molar-refractivity contribution in [3.63, 3.8) is 0 Å². The Morgan fingerprint density at radius 1 is 1.08 bits per heavy atom. The van der Waals surface area contributed by atoms with Crippen molar-refractivity contribution in [1.82, 2.24) is 5.32 Å². The molecule has 70 valence electrons. The van der Waals surface area contributed by atoms with Gasteiger partial charge in [-0.2, -0.15) is 0 Å². The highest BCUT2D eigenvalue weighted by Gasteiger charge is 2.46. The summed E-state index contributed by atoms with van der Waals surface area (Å²) in [5.74, 6) is 3.97. The molecule has 0 spiro atoms.